The van der Waals surface area contributed by atoms with E-state index in [1.54, 1.807) is 12.3 Å². The van der Waals surface area contributed by atoms with Gasteiger partial charge in [-0.2, -0.15) is 10.2 Å². The van der Waals surface area contributed by atoms with E-state index in [4.69, 9.17) is 9.47 Å². The van der Waals surface area contributed by atoms with E-state index >= 15 is 0 Å². The molecule has 1 amide bonds. The first kappa shape index (κ1) is 19.2. The number of amides is 1. The molecule has 0 aliphatic carbocycles. The standard InChI is InChI=1S/C21H22N4O3/c1-3-27-17-10-7-9-15(12-17)18-13-19(24-23-18)21(26)25-22-14-16-8-5-6-11-20(16)28-4-2/h5-14H,3-4H2,1-2H3,(H,23,24)(H,25,26)/b22-14-. The number of benzene rings is 2. The van der Waals surface area contributed by atoms with E-state index in [1.165, 1.54) is 0 Å². The molecule has 0 saturated carbocycles. The Kier molecular flexibility index (Phi) is 6.41. The normalized spacial score (nSPS) is 10.8. The number of carbonyl (C=O) groups is 1. The second-order valence-corrected chi connectivity index (χ2v) is 5.80. The second kappa shape index (κ2) is 9.36. The lowest BCUT2D eigenvalue weighted by Gasteiger charge is -2.05. The molecule has 7 nitrogen and oxygen atoms in total. The number of hydrazone groups is 1. The second-order valence-electron chi connectivity index (χ2n) is 5.80. The molecule has 2 aromatic carbocycles. The maximum absolute atomic E-state index is 12.3. The van der Waals surface area contributed by atoms with E-state index < -0.39 is 0 Å². The van der Waals surface area contributed by atoms with Gasteiger partial charge in [0.05, 0.1) is 25.1 Å². The minimum Gasteiger partial charge on any atom is -0.494 e. The third-order valence-corrected chi connectivity index (χ3v) is 3.85. The van der Waals surface area contributed by atoms with Crippen molar-refractivity contribution >= 4 is 12.1 Å². The minimum atomic E-state index is -0.384. The predicted molar refractivity (Wildman–Crippen MR) is 108 cm³/mol. The van der Waals surface area contributed by atoms with Crippen molar-refractivity contribution in [2.45, 2.75) is 13.8 Å². The van der Waals surface area contributed by atoms with E-state index in [1.807, 2.05) is 62.4 Å². The summed E-state index contributed by atoms with van der Waals surface area (Å²) in [5.74, 6) is 1.08. The van der Waals surface area contributed by atoms with Gasteiger partial charge in [0, 0.05) is 11.1 Å². The van der Waals surface area contributed by atoms with Gasteiger partial charge in [0.2, 0.25) is 0 Å². The summed E-state index contributed by atoms with van der Waals surface area (Å²) >= 11 is 0. The van der Waals surface area contributed by atoms with E-state index in [9.17, 15) is 4.79 Å². The van der Waals surface area contributed by atoms with Crippen LogP contribution in [-0.2, 0) is 0 Å². The maximum Gasteiger partial charge on any atom is 0.289 e. The molecule has 1 heterocycles. The van der Waals surface area contributed by atoms with Crippen LogP contribution in [0.1, 0.15) is 29.9 Å². The van der Waals surface area contributed by atoms with Gasteiger partial charge in [-0.1, -0.05) is 24.3 Å². The quantitative estimate of drug-likeness (QED) is 0.463. The highest BCUT2D eigenvalue weighted by Gasteiger charge is 2.11. The third-order valence-electron chi connectivity index (χ3n) is 3.85. The molecule has 7 heteroatoms. The zero-order chi connectivity index (χ0) is 19.8. The van der Waals surface area contributed by atoms with Gasteiger partial charge in [0.1, 0.15) is 17.2 Å². The van der Waals surface area contributed by atoms with Crippen LogP contribution in [0.5, 0.6) is 11.5 Å². The Morgan fingerprint density at radius 1 is 1.11 bits per heavy atom. The SMILES string of the molecule is CCOc1cccc(-c2cc(C(=O)N/N=C\c3ccccc3OCC)[nH]n2)c1. The average Bonchev–Trinajstić information content (AvgIpc) is 3.20. The molecule has 3 rings (SSSR count). The van der Waals surface area contributed by atoms with Gasteiger partial charge >= 0.3 is 0 Å². The van der Waals surface area contributed by atoms with E-state index in [-0.39, 0.29) is 5.91 Å². The summed E-state index contributed by atoms with van der Waals surface area (Å²) in [6, 6.07) is 16.7. The molecule has 1 aromatic heterocycles. The molecule has 2 N–H and O–H groups in total. The lowest BCUT2D eigenvalue weighted by molar-refractivity contribution is 0.0950. The number of aromatic amines is 1. The van der Waals surface area contributed by atoms with Crippen LogP contribution in [0, 0.1) is 0 Å². The fourth-order valence-electron chi connectivity index (χ4n) is 2.59. The molecule has 0 spiro atoms. The summed E-state index contributed by atoms with van der Waals surface area (Å²) in [4.78, 5) is 12.3. The molecule has 28 heavy (non-hydrogen) atoms. The molecule has 0 bridgehead atoms. The molecule has 0 aliphatic rings. The number of ether oxygens (including phenoxy) is 2. The fraction of sp³-hybridized carbons (Fsp3) is 0.190. The van der Waals surface area contributed by atoms with Gasteiger partial charge in [-0.15, -0.1) is 0 Å². The molecule has 0 unspecified atom stereocenters. The Morgan fingerprint density at radius 2 is 1.93 bits per heavy atom. The highest BCUT2D eigenvalue weighted by Crippen LogP contribution is 2.23. The molecule has 3 aromatic rings. The summed E-state index contributed by atoms with van der Waals surface area (Å²) in [6.45, 7) is 4.98. The number of rotatable bonds is 8. The van der Waals surface area contributed by atoms with Crippen LogP contribution < -0.4 is 14.9 Å². The Labute approximate surface area is 163 Å². The van der Waals surface area contributed by atoms with Crippen molar-refractivity contribution in [1.29, 1.82) is 0 Å². The summed E-state index contributed by atoms with van der Waals surface area (Å²) in [7, 11) is 0. The smallest absolute Gasteiger partial charge is 0.289 e. The molecule has 144 valence electrons. The molecular weight excluding hydrogens is 356 g/mol. The number of hydrogen-bond donors (Lipinski definition) is 2. The largest absolute Gasteiger partial charge is 0.494 e. The van der Waals surface area contributed by atoms with Crippen LogP contribution in [-0.4, -0.2) is 35.5 Å². The number of hydrogen-bond acceptors (Lipinski definition) is 5. The first-order valence-electron chi connectivity index (χ1n) is 9.05. The van der Waals surface area contributed by atoms with Crippen molar-refractivity contribution in [2.24, 2.45) is 5.10 Å². The van der Waals surface area contributed by atoms with Crippen molar-refractivity contribution < 1.29 is 14.3 Å². The van der Waals surface area contributed by atoms with Gasteiger partial charge in [-0.3, -0.25) is 9.89 Å². The van der Waals surface area contributed by atoms with Crippen LogP contribution in [0.3, 0.4) is 0 Å². The summed E-state index contributed by atoms with van der Waals surface area (Å²) < 4.78 is 11.0. The molecule has 0 fully saturated rings. The number of carbonyl (C=O) groups excluding carboxylic acids is 1. The van der Waals surface area contributed by atoms with Gasteiger partial charge in [-0.05, 0) is 44.2 Å². The monoisotopic (exact) mass is 378 g/mol. The van der Waals surface area contributed by atoms with Gasteiger partial charge < -0.3 is 9.47 Å². The predicted octanol–water partition coefficient (Wildman–Crippen LogP) is 3.64. The summed E-state index contributed by atoms with van der Waals surface area (Å²) in [5.41, 5.74) is 5.09. The zero-order valence-corrected chi connectivity index (χ0v) is 15.8. The zero-order valence-electron chi connectivity index (χ0n) is 15.8. The highest BCUT2D eigenvalue weighted by atomic mass is 16.5. The Hall–Kier alpha value is -3.61. The summed E-state index contributed by atoms with van der Waals surface area (Å²) in [5, 5.41) is 10.9. The van der Waals surface area contributed by atoms with Crippen molar-refractivity contribution in [3.8, 4) is 22.8 Å². The fourth-order valence-corrected chi connectivity index (χ4v) is 2.59. The number of nitrogens with one attached hydrogen (secondary N) is 2. The molecule has 0 aliphatic heterocycles. The van der Waals surface area contributed by atoms with Crippen molar-refractivity contribution in [3.63, 3.8) is 0 Å². The average molecular weight is 378 g/mol. The Bertz CT molecular complexity index is 966. The Morgan fingerprint density at radius 3 is 2.75 bits per heavy atom. The van der Waals surface area contributed by atoms with Crippen molar-refractivity contribution in [3.05, 3.63) is 65.9 Å². The lowest BCUT2D eigenvalue weighted by atomic mass is 10.1. The first-order chi connectivity index (χ1) is 13.7. The van der Waals surface area contributed by atoms with Crippen LogP contribution >= 0.6 is 0 Å². The summed E-state index contributed by atoms with van der Waals surface area (Å²) in [6.07, 6.45) is 1.55. The van der Waals surface area contributed by atoms with E-state index in [0.29, 0.717) is 30.4 Å². The number of aromatic nitrogens is 2. The van der Waals surface area contributed by atoms with Crippen molar-refractivity contribution in [2.75, 3.05) is 13.2 Å². The third kappa shape index (κ3) is 4.76. The molecule has 0 atom stereocenters. The number of nitrogens with zero attached hydrogens (tertiary/aromatic N) is 2. The lowest BCUT2D eigenvalue weighted by Crippen LogP contribution is -2.18. The van der Waals surface area contributed by atoms with E-state index in [2.05, 4.69) is 20.7 Å². The Balaban J connectivity index is 1.67. The topological polar surface area (TPSA) is 88.6 Å². The number of H-pyrrole nitrogens is 1. The maximum atomic E-state index is 12.3. The van der Waals surface area contributed by atoms with Gasteiger partial charge in [-0.25, -0.2) is 5.43 Å². The highest BCUT2D eigenvalue weighted by molar-refractivity contribution is 5.94. The van der Waals surface area contributed by atoms with Crippen LogP contribution in [0.15, 0.2) is 59.7 Å². The van der Waals surface area contributed by atoms with Gasteiger partial charge in [0.25, 0.3) is 5.91 Å². The van der Waals surface area contributed by atoms with Crippen LogP contribution in [0.4, 0.5) is 0 Å². The van der Waals surface area contributed by atoms with Crippen molar-refractivity contribution in [1.82, 2.24) is 15.6 Å². The number of para-hydroxylation sites is 1. The first-order valence-corrected chi connectivity index (χ1v) is 9.05. The molecular formula is C21H22N4O3. The van der Waals surface area contributed by atoms with Crippen LogP contribution in [0.2, 0.25) is 0 Å². The van der Waals surface area contributed by atoms with E-state index in [0.717, 1.165) is 16.9 Å². The molecule has 0 saturated heterocycles. The minimum absolute atomic E-state index is 0.312. The molecule has 0 radical (unpaired) electrons. The van der Waals surface area contributed by atoms with Gasteiger partial charge in [0.15, 0.2) is 0 Å². The van der Waals surface area contributed by atoms with Crippen LogP contribution in [0.25, 0.3) is 11.3 Å².